The van der Waals surface area contributed by atoms with Gasteiger partial charge in [0, 0.05) is 18.8 Å². The van der Waals surface area contributed by atoms with Crippen LogP contribution in [0.3, 0.4) is 0 Å². The van der Waals surface area contributed by atoms with Gasteiger partial charge in [-0.2, -0.15) is 0 Å². The molecule has 0 aromatic heterocycles. The Morgan fingerprint density at radius 2 is 1.77 bits per heavy atom. The average Bonchev–Trinajstić information content (AvgIpc) is 2.04. The number of hydrogen-bond donors (Lipinski definition) is 4. The Hall–Kier alpha value is -0.160. The summed E-state index contributed by atoms with van der Waals surface area (Å²) < 4.78 is 0. The topological polar surface area (TPSA) is 92.5 Å². The molecule has 0 radical (unpaired) electrons. The maximum atomic E-state index is 8.59. The van der Waals surface area contributed by atoms with Crippen molar-refractivity contribution in [2.75, 3.05) is 19.8 Å². The Morgan fingerprint density at radius 1 is 1.31 bits per heavy atom. The molecular weight excluding hydrogens is 168 g/mol. The quantitative estimate of drug-likeness (QED) is 0.491. The van der Waals surface area contributed by atoms with Crippen LogP contribution in [0, 0.1) is 5.92 Å². The van der Waals surface area contributed by atoms with Crippen LogP contribution in [0.5, 0.6) is 0 Å². The maximum Gasteiger partial charge on any atom is 0.0473 e. The third-order valence-electron chi connectivity index (χ3n) is 1.91. The molecule has 0 rings (SSSR count). The SMILES string of the molecule is CC(CO)C(C)(C)N.NCCCO. The van der Waals surface area contributed by atoms with Crippen molar-refractivity contribution in [3.63, 3.8) is 0 Å². The van der Waals surface area contributed by atoms with Gasteiger partial charge >= 0.3 is 0 Å². The van der Waals surface area contributed by atoms with Crippen molar-refractivity contribution in [2.24, 2.45) is 17.4 Å². The predicted octanol–water partition coefficient (Wildman–Crippen LogP) is -0.320. The van der Waals surface area contributed by atoms with E-state index in [1.54, 1.807) is 0 Å². The van der Waals surface area contributed by atoms with Gasteiger partial charge in [-0.05, 0) is 32.7 Å². The highest BCUT2D eigenvalue weighted by atomic mass is 16.3. The minimum atomic E-state index is -0.241. The predicted molar refractivity (Wildman–Crippen MR) is 55.3 cm³/mol. The van der Waals surface area contributed by atoms with Crippen LogP contribution in [0.15, 0.2) is 0 Å². The molecule has 0 aromatic rings. The van der Waals surface area contributed by atoms with Crippen molar-refractivity contribution in [3.8, 4) is 0 Å². The van der Waals surface area contributed by atoms with E-state index in [9.17, 15) is 0 Å². The first-order valence-electron chi connectivity index (χ1n) is 4.60. The van der Waals surface area contributed by atoms with Gasteiger partial charge in [0.15, 0.2) is 0 Å². The van der Waals surface area contributed by atoms with Crippen LogP contribution < -0.4 is 11.5 Å². The lowest BCUT2D eigenvalue weighted by atomic mass is 9.91. The molecule has 0 heterocycles. The van der Waals surface area contributed by atoms with Gasteiger partial charge in [-0.15, -0.1) is 0 Å². The van der Waals surface area contributed by atoms with Gasteiger partial charge < -0.3 is 21.7 Å². The van der Waals surface area contributed by atoms with Crippen LogP contribution in [0.1, 0.15) is 27.2 Å². The summed E-state index contributed by atoms with van der Waals surface area (Å²) in [6.45, 7) is 6.73. The number of rotatable bonds is 4. The zero-order valence-corrected chi connectivity index (χ0v) is 8.95. The summed E-state index contributed by atoms with van der Waals surface area (Å²) in [6, 6.07) is 0. The van der Waals surface area contributed by atoms with Crippen molar-refractivity contribution in [1.29, 1.82) is 0 Å². The minimum absolute atomic E-state index is 0.170. The lowest BCUT2D eigenvalue weighted by Crippen LogP contribution is -2.40. The van der Waals surface area contributed by atoms with E-state index in [2.05, 4.69) is 0 Å². The highest BCUT2D eigenvalue weighted by Crippen LogP contribution is 2.10. The molecule has 0 fully saturated rings. The lowest BCUT2D eigenvalue weighted by molar-refractivity contribution is 0.184. The molecule has 1 atom stereocenters. The molecule has 6 N–H and O–H groups in total. The van der Waals surface area contributed by atoms with Gasteiger partial charge in [0.2, 0.25) is 0 Å². The zero-order chi connectivity index (χ0) is 10.9. The summed E-state index contributed by atoms with van der Waals surface area (Å²) in [7, 11) is 0. The second-order valence-electron chi connectivity index (χ2n) is 3.77. The first-order valence-corrected chi connectivity index (χ1v) is 4.60. The Morgan fingerprint density at radius 3 is 1.77 bits per heavy atom. The van der Waals surface area contributed by atoms with E-state index in [-0.39, 0.29) is 24.7 Å². The molecule has 0 spiro atoms. The zero-order valence-electron chi connectivity index (χ0n) is 8.95. The molecule has 0 saturated carbocycles. The number of nitrogens with two attached hydrogens (primary N) is 2. The van der Waals surface area contributed by atoms with Crippen LogP contribution in [-0.2, 0) is 0 Å². The maximum absolute atomic E-state index is 8.59. The Bertz CT molecular complexity index is 100. The standard InChI is InChI=1S/C6H15NO.C3H9NO/c1-5(4-8)6(2,3)7;4-2-1-3-5/h5,8H,4,7H2,1-3H3;5H,1-4H2. The average molecular weight is 192 g/mol. The van der Waals surface area contributed by atoms with E-state index in [1.807, 2.05) is 20.8 Å². The summed E-state index contributed by atoms with van der Waals surface area (Å²) in [5.41, 5.74) is 10.4. The van der Waals surface area contributed by atoms with Gasteiger partial charge in [-0.25, -0.2) is 0 Å². The van der Waals surface area contributed by atoms with Crippen molar-refractivity contribution < 1.29 is 10.2 Å². The molecular formula is C9H24N2O2. The fourth-order valence-corrected chi connectivity index (χ4v) is 0.327. The summed E-state index contributed by atoms with van der Waals surface area (Å²) in [5, 5.41) is 16.6. The van der Waals surface area contributed by atoms with Crippen molar-refractivity contribution >= 4 is 0 Å². The first-order chi connectivity index (χ1) is 5.90. The monoisotopic (exact) mass is 192 g/mol. The molecule has 0 aliphatic carbocycles. The molecule has 0 bridgehead atoms. The molecule has 4 nitrogen and oxygen atoms in total. The number of hydrogen-bond acceptors (Lipinski definition) is 4. The van der Waals surface area contributed by atoms with E-state index < -0.39 is 0 Å². The van der Waals surface area contributed by atoms with Gasteiger partial charge in [-0.3, -0.25) is 0 Å². The molecule has 4 heteroatoms. The van der Waals surface area contributed by atoms with Crippen LogP contribution >= 0.6 is 0 Å². The van der Waals surface area contributed by atoms with E-state index in [1.165, 1.54) is 0 Å². The lowest BCUT2D eigenvalue weighted by Gasteiger charge is -2.24. The van der Waals surface area contributed by atoms with E-state index in [0.29, 0.717) is 6.54 Å². The highest BCUT2D eigenvalue weighted by molar-refractivity contribution is 4.77. The van der Waals surface area contributed by atoms with Gasteiger partial charge in [0.25, 0.3) is 0 Å². The largest absolute Gasteiger partial charge is 0.396 e. The molecule has 0 aliphatic rings. The Kier molecular flexibility index (Phi) is 9.94. The Labute approximate surface area is 80.9 Å². The first kappa shape index (κ1) is 15.3. The van der Waals surface area contributed by atoms with Gasteiger partial charge in [0.05, 0.1) is 0 Å². The van der Waals surface area contributed by atoms with Crippen molar-refractivity contribution in [1.82, 2.24) is 0 Å². The van der Waals surface area contributed by atoms with Gasteiger partial charge in [0.1, 0.15) is 0 Å². The Balaban J connectivity index is 0. The second-order valence-corrected chi connectivity index (χ2v) is 3.77. The van der Waals surface area contributed by atoms with Crippen LogP contribution in [0.25, 0.3) is 0 Å². The summed E-state index contributed by atoms with van der Waals surface area (Å²) in [5.74, 6) is 0.183. The van der Waals surface area contributed by atoms with Crippen LogP contribution in [-0.4, -0.2) is 35.5 Å². The second kappa shape index (κ2) is 8.44. The van der Waals surface area contributed by atoms with E-state index >= 15 is 0 Å². The minimum Gasteiger partial charge on any atom is -0.396 e. The van der Waals surface area contributed by atoms with Gasteiger partial charge in [-0.1, -0.05) is 6.92 Å². The highest BCUT2D eigenvalue weighted by Gasteiger charge is 2.18. The molecule has 82 valence electrons. The smallest absolute Gasteiger partial charge is 0.0473 e. The van der Waals surface area contributed by atoms with E-state index in [4.69, 9.17) is 21.7 Å². The molecule has 0 saturated heterocycles. The third kappa shape index (κ3) is 11.8. The molecule has 0 aromatic carbocycles. The van der Waals surface area contributed by atoms with Crippen LogP contribution in [0.4, 0.5) is 0 Å². The van der Waals surface area contributed by atoms with Crippen molar-refractivity contribution in [2.45, 2.75) is 32.7 Å². The normalized spacial score (nSPS) is 13.2. The number of aliphatic hydroxyl groups excluding tert-OH is 2. The summed E-state index contributed by atoms with van der Waals surface area (Å²) in [4.78, 5) is 0. The number of aliphatic hydroxyl groups is 2. The summed E-state index contributed by atoms with van der Waals surface area (Å²) in [6.07, 6.45) is 0.722. The molecule has 0 amide bonds. The third-order valence-corrected chi connectivity index (χ3v) is 1.91. The molecule has 1 unspecified atom stereocenters. The molecule has 0 aliphatic heterocycles. The van der Waals surface area contributed by atoms with Crippen molar-refractivity contribution in [3.05, 3.63) is 0 Å². The summed E-state index contributed by atoms with van der Waals surface area (Å²) >= 11 is 0. The fourth-order valence-electron chi connectivity index (χ4n) is 0.327. The molecule has 13 heavy (non-hydrogen) atoms. The van der Waals surface area contributed by atoms with Crippen LogP contribution in [0.2, 0.25) is 0 Å². The fraction of sp³-hybridized carbons (Fsp3) is 1.00. The van der Waals surface area contributed by atoms with E-state index in [0.717, 1.165) is 6.42 Å².